The zero-order valence-electron chi connectivity index (χ0n) is 20.6. The van der Waals surface area contributed by atoms with Gasteiger partial charge in [0.15, 0.2) is 0 Å². The molecular formula is C28H46O3. The fourth-order valence-electron chi connectivity index (χ4n) is 8.16. The highest BCUT2D eigenvalue weighted by Crippen LogP contribution is 2.67. The molecular weight excluding hydrogens is 384 g/mol. The second kappa shape index (κ2) is 7.99. The van der Waals surface area contributed by atoms with Crippen LogP contribution in [0.4, 0.5) is 0 Å². The maximum Gasteiger partial charge on any atom is 0.102 e. The summed E-state index contributed by atoms with van der Waals surface area (Å²) in [6, 6.07) is 0. The molecule has 0 amide bonds. The van der Waals surface area contributed by atoms with Gasteiger partial charge in [-0.05, 0) is 79.4 Å². The molecule has 0 aromatic carbocycles. The van der Waals surface area contributed by atoms with Gasteiger partial charge in [-0.1, -0.05) is 65.3 Å². The van der Waals surface area contributed by atoms with Crippen LogP contribution < -0.4 is 0 Å². The number of aliphatic hydroxyl groups is 3. The fraction of sp³-hybridized carbons (Fsp3) is 0.857. The summed E-state index contributed by atoms with van der Waals surface area (Å²) in [5.74, 6) is 3.37. The van der Waals surface area contributed by atoms with E-state index in [1.54, 1.807) is 0 Å². The van der Waals surface area contributed by atoms with Crippen molar-refractivity contribution in [2.45, 2.75) is 104 Å². The monoisotopic (exact) mass is 430 g/mol. The van der Waals surface area contributed by atoms with E-state index in [9.17, 15) is 15.3 Å². The van der Waals surface area contributed by atoms with E-state index in [-0.39, 0.29) is 10.8 Å². The number of hydrogen-bond acceptors (Lipinski definition) is 3. The first-order valence-corrected chi connectivity index (χ1v) is 12.9. The molecule has 31 heavy (non-hydrogen) atoms. The maximum absolute atomic E-state index is 11.6. The molecule has 0 unspecified atom stereocenters. The van der Waals surface area contributed by atoms with Gasteiger partial charge in [0.25, 0.3) is 0 Å². The van der Waals surface area contributed by atoms with Gasteiger partial charge in [-0.3, -0.25) is 0 Å². The van der Waals surface area contributed by atoms with E-state index >= 15 is 0 Å². The lowest BCUT2D eigenvalue weighted by Gasteiger charge is -2.62. The summed E-state index contributed by atoms with van der Waals surface area (Å²) in [7, 11) is 0. The zero-order valence-corrected chi connectivity index (χ0v) is 20.6. The van der Waals surface area contributed by atoms with E-state index in [2.05, 4.69) is 53.7 Å². The number of hydrogen-bond donors (Lipinski definition) is 3. The molecule has 10 atom stereocenters. The molecule has 0 bridgehead atoms. The summed E-state index contributed by atoms with van der Waals surface area (Å²) in [5.41, 5.74) is 0.160. The van der Waals surface area contributed by atoms with Gasteiger partial charge in [-0.2, -0.15) is 0 Å². The normalized spacial score (nSPS) is 49.4. The Morgan fingerprint density at radius 3 is 2.32 bits per heavy atom. The van der Waals surface area contributed by atoms with E-state index in [1.807, 2.05) is 6.08 Å². The van der Waals surface area contributed by atoms with Crippen LogP contribution in [0.1, 0.15) is 86.5 Å². The molecule has 4 aliphatic carbocycles. The molecule has 0 aliphatic heterocycles. The summed E-state index contributed by atoms with van der Waals surface area (Å²) in [5, 5.41) is 32.9. The van der Waals surface area contributed by atoms with Gasteiger partial charge >= 0.3 is 0 Å². The van der Waals surface area contributed by atoms with Gasteiger partial charge in [0, 0.05) is 11.8 Å². The van der Waals surface area contributed by atoms with Crippen molar-refractivity contribution in [2.75, 3.05) is 0 Å². The quantitative estimate of drug-likeness (QED) is 0.516. The van der Waals surface area contributed by atoms with Crippen molar-refractivity contribution in [3.05, 3.63) is 23.8 Å². The Bertz CT molecular complexity index is 741. The van der Waals surface area contributed by atoms with Crippen molar-refractivity contribution >= 4 is 0 Å². The van der Waals surface area contributed by atoms with Crippen LogP contribution in [0.15, 0.2) is 23.8 Å². The van der Waals surface area contributed by atoms with Crippen LogP contribution in [0.25, 0.3) is 0 Å². The Morgan fingerprint density at radius 2 is 1.65 bits per heavy atom. The van der Waals surface area contributed by atoms with Crippen molar-refractivity contribution in [1.29, 1.82) is 0 Å². The van der Waals surface area contributed by atoms with E-state index in [0.717, 1.165) is 19.3 Å². The molecule has 3 saturated carbocycles. The second-order valence-electron chi connectivity index (χ2n) is 12.5. The predicted octanol–water partition coefficient (Wildman–Crippen LogP) is 5.50. The molecule has 3 fully saturated rings. The van der Waals surface area contributed by atoms with Crippen molar-refractivity contribution in [3.8, 4) is 0 Å². The summed E-state index contributed by atoms with van der Waals surface area (Å²) in [6.45, 7) is 14.0. The summed E-state index contributed by atoms with van der Waals surface area (Å²) in [6.07, 6.45) is 12.1. The molecule has 0 radical (unpaired) electrons. The zero-order chi connectivity index (χ0) is 22.8. The minimum absolute atomic E-state index is 0.271. The van der Waals surface area contributed by atoms with Crippen molar-refractivity contribution in [1.82, 2.24) is 0 Å². The van der Waals surface area contributed by atoms with Crippen LogP contribution in [0.3, 0.4) is 0 Å². The first kappa shape index (κ1) is 23.5. The molecule has 0 spiro atoms. The largest absolute Gasteiger partial charge is 0.393 e. The Hall–Kier alpha value is -0.640. The molecule has 0 aromatic heterocycles. The van der Waals surface area contributed by atoms with Crippen LogP contribution in [0.5, 0.6) is 0 Å². The van der Waals surface area contributed by atoms with Crippen LogP contribution in [0, 0.1) is 46.3 Å². The highest BCUT2D eigenvalue weighted by atomic mass is 16.3. The number of allylic oxidation sites excluding steroid dienone is 3. The lowest BCUT2D eigenvalue weighted by molar-refractivity contribution is -0.210. The Kier molecular flexibility index (Phi) is 6.06. The standard InChI is InChI=1S/C28H46O3/c1-17(2)18(3)7-8-19(4)22-9-10-23-21-15-25(30)28(31)16-20(29)11-14-27(28,6)24(21)12-13-26(22,23)5/h7-8,15,17-20,22-25,29-31H,9-14,16H2,1-6H3/b8-7+/t18-,19+,20-,22-,23+,24-,25-,26+,27-,28+/m0/s1. The predicted molar refractivity (Wildman–Crippen MR) is 126 cm³/mol. The van der Waals surface area contributed by atoms with Gasteiger partial charge in [-0.25, -0.2) is 0 Å². The Morgan fingerprint density at radius 1 is 0.935 bits per heavy atom. The third-order valence-corrected chi connectivity index (χ3v) is 10.7. The minimum atomic E-state index is -1.20. The lowest BCUT2D eigenvalue weighted by Crippen LogP contribution is -2.65. The van der Waals surface area contributed by atoms with Crippen molar-refractivity contribution < 1.29 is 15.3 Å². The third kappa shape index (κ3) is 3.49. The lowest BCUT2D eigenvalue weighted by atomic mass is 9.45. The van der Waals surface area contributed by atoms with E-state index in [4.69, 9.17) is 0 Å². The first-order valence-electron chi connectivity index (χ1n) is 12.9. The topological polar surface area (TPSA) is 60.7 Å². The third-order valence-electron chi connectivity index (χ3n) is 10.7. The van der Waals surface area contributed by atoms with Gasteiger partial charge in [0.05, 0.1) is 6.10 Å². The van der Waals surface area contributed by atoms with E-state index in [0.29, 0.717) is 41.9 Å². The Balaban J connectivity index is 1.61. The molecule has 3 heteroatoms. The van der Waals surface area contributed by atoms with Gasteiger partial charge in [0.2, 0.25) is 0 Å². The van der Waals surface area contributed by atoms with Gasteiger partial charge < -0.3 is 15.3 Å². The van der Waals surface area contributed by atoms with Crippen LogP contribution in [-0.4, -0.2) is 33.1 Å². The fourth-order valence-corrected chi connectivity index (χ4v) is 8.16. The summed E-state index contributed by atoms with van der Waals surface area (Å²) >= 11 is 0. The van der Waals surface area contributed by atoms with Gasteiger partial charge in [0.1, 0.15) is 11.7 Å². The average molecular weight is 431 g/mol. The van der Waals surface area contributed by atoms with Crippen LogP contribution >= 0.6 is 0 Å². The number of rotatable bonds is 4. The smallest absolute Gasteiger partial charge is 0.102 e. The maximum atomic E-state index is 11.6. The van der Waals surface area contributed by atoms with Crippen LogP contribution in [0.2, 0.25) is 0 Å². The van der Waals surface area contributed by atoms with Crippen molar-refractivity contribution in [2.24, 2.45) is 46.3 Å². The molecule has 4 aliphatic rings. The molecule has 0 heterocycles. The Labute approximate surface area is 190 Å². The minimum Gasteiger partial charge on any atom is -0.393 e. The molecule has 176 valence electrons. The summed E-state index contributed by atoms with van der Waals surface area (Å²) < 4.78 is 0. The number of fused-ring (bicyclic) bond motifs is 5. The highest BCUT2D eigenvalue weighted by Gasteiger charge is 2.64. The van der Waals surface area contributed by atoms with E-state index < -0.39 is 17.8 Å². The van der Waals surface area contributed by atoms with Gasteiger partial charge in [-0.15, -0.1) is 0 Å². The summed E-state index contributed by atoms with van der Waals surface area (Å²) in [4.78, 5) is 0. The average Bonchev–Trinajstić information content (AvgIpc) is 3.05. The number of aliphatic hydroxyl groups excluding tert-OH is 2. The molecule has 4 rings (SSSR count). The molecule has 0 saturated heterocycles. The molecule has 3 N–H and O–H groups in total. The van der Waals surface area contributed by atoms with E-state index in [1.165, 1.54) is 24.8 Å². The molecule has 0 aromatic rings. The van der Waals surface area contributed by atoms with Crippen molar-refractivity contribution in [3.63, 3.8) is 0 Å². The second-order valence-corrected chi connectivity index (χ2v) is 12.5. The van der Waals surface area contributed by atoms with Crippen LogP contribution in [-0.2, 0) is 0 Å². The molecule has 3 nitrogen and oxygen atoms in total. The SMILES string of the molecule is CC(C)[C@@H](C)/C=C/[C@@H](C)[C@@H]1CC[C@@H]2C3=C[C@H](O)[C@]4(O)C[C@@H](O)CC[C@@]4(C)[C@H]3CC[C@@]21C. The highest BCUT2D eigenvalue weighted by molar-refractivity contribution is 5.33. The first-order chi connectivity index (χ1) is 14.4.